The molecular formula is C22H39NO5. The van der Waals surface area contributed by atoms with Gasteiger partial charge in [-0.3, -0.25) is 9.59 Å². The summed E-state index contributed by atoms with van der Waals surface area (Å²) < 4.78 is 11.1. The van der Waals surface area contributed by atoms with Crippen molar-refractivity contribution in [3.63, 3.8) is 0 Å². The van der Waals surface area contributed by atoms with E-state index in [1.165, 1.54) is 12.8 Å². The fraction of sp³-hybridized carbons (Fsp3) is 0.864. The minimum atomic E-state index is -0.653. The van der Waals surface area contributed by atoms with Crippen molar-refractivity contribution >= 4 is 18.3 Å². The van der Waals surface area contributed by atoms with Gasteiger partial charge in [-0.25, -0.2) is 4.79 Å². The Balaban J connectivity index is 2.63. The highest BCUT2D eigenvalue weighted by Gasteiger charge is 2.43. The first kappa shape index (κ1) is 24.4. The molecule has 0 aromatic carbocycles. The Morgan fingerprint density at radius 2 is 1.82 bits per heavy atom. The summed E-state index contributed by atoms with van der Waals surface area (Å²) in [6.07, 6.45) is 9.87. The molecule has 6 heteroatoms. The number of unbranched alkanes of at least 4 members (excludes halogenated alkanes) is 5. The third-order valence-corrected chi connectivity index (χ3v) is 5.46. The third-order valence-electron chi connectivity index (χ3n) is 5.46. The number of amides is 1. The van der Waals surface area contributed by atoms with E-state index in [1.54, 1.807) is 0 Å². The first-order valence-corrected chi connectivity index (χ1v) is 11.0. The van der Waals surface area contributed by atoms with Crippen LogP contribution in [0.15, 0.2) is 0 Å². The van der Waals surface area contributed by atoms with Gasteiger partial charge in [-0.15, -0.1) is 0 Å². The molecule has 0 aliphatic carbocycles. The molecule has 0 bridgehead atoms. The maximum absolute atomic E-state index is 12.5. The van der Waals surface area contributed by atoms with E-state index in [4.69, 9.17) is 9.47 Å². The minimum absolute atomic E-state index is 0.0539. The van der Waals surface area contributed by atoms with Crippen LogP contribution in [0.3, 0.4) is 0 Å². The van der Waals surface area contributed by atoms with Crippen LogP contribution in [0.5, 0.6) is 0 Å². The molecule has 4 atom stereocenters. The predicted octanol–water partition coefficient (Wildman–Crippen LogP) is 4.15. The van der Waals surface area contributed by atoms with Crippen molar-refractivity contribution in [2.45, 2.75) is 110 Å². The Kier molecular flexibility index (Phi) is 11.8. The molecule has 162 valence electrons. The molecular weight excluding hydrogens is 358 g/mol. The van der Waals surface area contributed by atoms with Crippen LogP contribution in [-0.4, -0.2) is 36.6 Å². The number of nitrogens with one attached hydrogen (secondary N) is 1. The highest BCUT2D eigenvalue weighted by atomic mass is 16.6. The van der Waals surface area contributed by atoms with Gasteiger partial charge in [0.2, 0.25) is 6.41 Å². The molecule has 0 radical (unpaired) electrons. The second-order valence-corrected chi connectivity index (χ2v) is 8.23. The number of ether oxygens (including phenoxy) is 2. The highest BCUT2D eigenvalue weighted by Crippen LogP contribution is 2.32. The lowest BCUT2D eigenvalue weighted by molar-refractivity contribution is -0.190. The Morgan fingerprint density at radius 3 is 2.39 bits per heavy atom. The van der Waals surface area contributed by atoms with E-state index < -0.39 is 12.0 Å². The molecule has 1 fully saturated rings. The number of hydrogen-bond donors (Lipinski definition) is 1. The SMILES string of the molecule is CCCCCC[C@@H]1C(=O)O[C@H]1CC(CCCCC)OC(=O)C(NC=O)C(C)C. The third kappa shape index (κ3) is 8.19. The molecule has 0 aromatic heterocycles. The largest absolute Gasteiger partial charge is 0.461 e. The Hall–Kier alpha value is -1.59. The molecule has 1 amide bonds. The average molecular weight is 398 g/mol. The Labute approximate surface area is 170 Å². The summed E-state index contributed by atoms with van der Waals surface area (Å²) in [4.78, 5) is 35.2. The van der Waals surface area contributed by atoms with Crippen molar-refractivity contribution in [2.24, 2.45) is 11.8 Å². The molecule has 1 N–H and O–H groups in total. The van der Waals surface area contributed by atoms with E-state index in [2.05, 4.69) is 19.2 Å². The predicted molar refractivity (Wildman–Crippen MR) is 109 cm³/mol. The van der Waals surface area contributed by atoms with E-state index in [-0.39, 0.29) is 30.0 Å². The van der Waals surface area contributed by atoms with Gasteiger partial charge in [-0.1, -0.05) is 66.2 Å². The van der Waals surface area contributed by atoms with Crippen molar-refractivity contribution in [1.82, 2.24) is 5.32 Å². The van der Waals surface area contributed by atoms with Crippen LogP contribution >= 0.6 is 0 Å². The molecule has 1 aliphatic heterocycles. The van der Waals surface area contributed by atoms with Gasteiger partial charge in [0, 0.05) is 6.42 Å². The zero-order valence-electron chi connectivity index (χ0n) is 18.1. The molecule has 0 spiro atoms. The smallest absolute Gasteiger partial charge is 0.329 e. The molecule has 1 aliphatic rings. The normalized spacial score (nSPS) is 20.8. The van der Waals surface area contributed by atoms with Crippen molar-refractivity contribution < 1.29 is 23.9 Å². The lowest BCUT2D eigenvalue weighted by atomic mass is 9.86. The van der Waals surface area contributed by atoms with E-state index >= 15 is 0 Å². The van der Waals surface area contributed by atoms with Gasteiger partial charge in [0.1, 0.15) is 18.2 Å². The second-order valence-electron chi connectivity index (χ2n) is 8.23. The van der Waals surface area contributed by atoms with Gasteiger partial charge in [0.15, 0.2) is 0 Å². The van der Waals surface area contributed by atoms with Crippen LogP contribution in [0.25, 0.3) is 0 Å². The first-order valence-electron chi connectivity index (χ1n) is 11.0. The first-order chi connectivity index (χ1) is 13.4. The van der Waals surface area contributed by atoms with Gasteiger partial charge in [0.05, 0.1) is 5.92 Å². The molecule has 1 saturated heterocycles. The summed E-state index contributed by atoms with van der Waals surface area (Å²) in [5.74, 6) is -0.656. The standard InChI is InChI=1S/C22H39NO5/c1-5-7-9-11-13-18-19(28-21(18)25)14-17(12-10-8-6-2)27-22(26)20(16(3)4)23-15-24/h15-20H,5-14H2,1-4H3,(H,23,24)/t17?,18-,19-,20?/m0/s1. The fourth-order valence-electron chi connectivity index (χ4n) is 3.65. The van der Waals surface area contributed by atoms with Crippen LogP contribution in [0.2, 0.25) is 0 Å². The number of carbonyl (C=O) groups is 3. The molecule has 6 nitrogen and oxygen atoms in total. The topological polar surface area (TPSA) is 81.7 Å². The zero-order chi connectivity index (χ0) is 20.9. The van der Waals surface area contributed by atoms with Crippen LogP contribution in [0.1, 0.15) is 91.9 Å². The zero-order valence-corrected chi connectivity index (χ0v) is 18.1. The molecule has 1 rings (SSSR count). The number of esters is 2. The average Bonchev–Trinajstić information content (AvgIpc) is 2.65. The van der Waals surface area contributed by atoms with Crippen molar-refractivity contribution in [3.8, 4) is 0 Å². The lowest BCUT2D eigenvalue weighted by Gasteiger charge is -2.37. The molecule has 0 aromatic rings. The maximum atomic E-state index is 12.5. The van der Waals surface area contributed by atoms with E-state index in [1.807, 2.05) is 13.8 Å². The second kappa shape index (κ2) is 13.6. The van der Waals surface area contributed by atoms with Gasteiger partial charge in [0.25, 0.3) is 0 Å². The van der Waals surface area contributed by atoms with Crippen molar-refractivity contribution in [2.75, 3.05) is 0 Å². The van der Waals surface area contributed by atoms with Crippen LogP contribution in [0.4, 0.5) is 0 Å². The van der Waals surface area contributed by atoms with Crippen LogP contribution in [-0.2, 0) is 23.9 Å². The molecule has 2 unspecified atom stereocenters. The lowest BCUT2D eigenvalue weighted by Crippen LogP contribution is -2.48. The summed E-state index contributed by atoms with van der Waals surface area (Å²) in [5.41, 5.74) is 0. The summed E-state index contributed by atoms with van der Waals surface area (Å²) >= 11 is 0. The summed E-state index contributed by atoms with van der Waals surface area (Å²) in [6, 6.07) is -0.653. The van der Waals surface area contributed by atoms with Crippen LogP contribution < -0.4 is 5.32 Å². The molecule has 28 heavy (non-hydrogen) atoms. The summed E-state index contributed by atoms with van der Waals surface area (Å²) in [7, 11) is 0. The Morgan fingerprint density at radius 1 is 1.14 bits per heavy atom. The minimum Gasteiger partial charge on any atom is -0.461 e. The van der Waals surface area contributed by atoms with Gasteiger partial charge < -0.3 is 14.8 Å². The van der Waals surface area contributed by atoms with Gasteiger partial charge in [-0.05, 0) is 25.2 Å². The van der Waals surface area contributed by atoms with E-state index in [0.717, 1.165) is 44.9 Å². The van der Waals surface area contributed by atoms with Gasteiger partial charge in [-0.2, -0.15) is 0 Å². The molecule has 0 saturated carbocycles. The summed E-state index contributed by atoms with van der Waals surface area (Å²) in [5, 5.41) is 2.55. The number of hydrogen-bond acceptors (Lipinski definition) is 5. The summed E-state index contributed by atoms with van der Waals surface area (Å²) in [6.45, 7) is 8.03. The fourth-order valence-corrected chi connectivity index (χ4v) is 3.65. The van der Waals surface area contributed by atoms with E-state index in [0.29, 0.717) is 12.8 Å². The number of cyclic esters (lactones) is 1. The van der Waals surface area contributed by atoms with Gasteiger partial charge >= 0.3 is 11.9 Å². The molecule has 1 heterocycles. The number of rotatable bonds is 16. The van der Waals surface area contributed by atoms with Crippen molar-refractivity contribution in [3.05, 3.63) is 0 Å². The number of carbonyl (C=O) groups excluding carboxylic acids is 3. The Bertz CT molecular complexity index is 480. The van der Waals surface area contributed by atoms with Crippen LogP contribution in [0, 0.1) is 11.8 Å². The highest BCUT2D eigenvalue weighted by molar-refractivity contribution is 5.79. The van der Waals surface area contributed by atoms with E-state index in [9.17, 15) is 14.4 Å². The monoisotopic (exact) mass is 397 g/mol. The maximum Gasteiger partial charge on any atom is 0.329 e. The quantitative estimate of drug-likeness (QED) is 0.240. The van der Waals surface area contributed by atoms with Crippen molar-refractivity contribution in [1.29, 1.82) is 0 Å².